The van der Waals surface area contributed by atoms with E-state index < -0.39 is 23.5 Å². The maximum atomic E-state index is 14.8. The molecule has 0 aliphatic carbocycles. The predicted molar refractivity (Wildman–Crippen MR) is 123 cm³/mol. The molecule has 33 heavy (non-hydrogen) atoms. The van der Waals surface area contributed by atoms with Crippen molar-refractivity contribution < 1.29 is 28.6 Å². The monoisotopic (exact) mass is 455 g/mol. The first-order valence-electron chi connectivity index (χ1n) is 11.1. The first kappa shape index (κ1) is 24.5. The molecule has 1 fully saturated rings. The van der Waals surface area contributed by atoms with Gasteiger partial charge in [-0.2, -0.15) is 0 Å². The molecule has 0 aromatic heterocycles. The number of amides is 1. The minimum Gasteiger partial charge on any atom is -0.507 e. The number of aliphatic hydroxyl groups excluding tert-OH is 1. The second-order valence-corrected chi connectivity index (χ2v) is 8.48. The molecule has 1 aliphatic rings. The summed E-state index contributed by atoms with van der Waals surface area (Å²) in [5, 5.41) is 11.1. The fourth-order valence-corrected chi connectivity index (χ4v) is 3.83. The van der Waals surface area contributed by atoms with Crippen LogP contribution in [0.3, 0.4) is 0 Å². The van der Waals surface area contributed by atoms with E-state index in [0.717, 1.165) is 0 Å². The number of Topliss-reactive ketones (excluding diaryl/α,β-unsaturated/α-hetero) is 1. The second kappa shape index (κ2) is 10.6. The van der Waals surface area contributed by atoms with Gasteiger partial charge >= 0.3 is 0 Å². The minimum absolute atomic E-state index is 0.0307. The molecule has 1 unspecified atom stereocenters. The Bertz CT molecular complexity index is 1050. The van der Waals surface area contributed by atoms with Crippen LogP contribution in [0.15, 0.2) is 54.1 Å². The van der Waals surface area contributed by atoms with Crippen molar-refractivity contribution in [2.24, 2.45) is 0 Å². The van der Waals surface area contributed by atoms with Crippen LogP contribution >= 0.6 is 0 Å². The third-order valence-electron chi connectivity index (χ3n) is 5.21. The lowest BCUT2D eigenvalue weighted by Crippen LogP contribution is -2.31. The van der Waals surface area contributed by atoms with Gasteiger partial charge in [-0.25, -0.2) is 4.39 Å². The Labute approximate surface area is 193 Å². The number of ketones is 1. The molecule has 1 amide bonds. The van der Waals surface area contributed by atoms with Crippen LogP contribution < -0.4 is 4.74 Å². The van der Waals surface area contributed by atoms with Gasteiger partial charge in [0, 0.05) is 24.3 Å². The smallest absolute Gasteiger partial charge is 0.295 e. The Kier molecular flexibility index (Phi) is 7.87. The molecule has 7 heteroatoms. The van der Waals surface area contributed by atoms with Gasteiger partial charge in [-0.3, -0.25) is 9.59 Å². The Hall–Kier alpha value is -3.19. The van der Waals surface area contributed by atoms with Crippen molar-refractivity contribution >= 4 is 17.4 Å². The second-order valence-electron chi connectivity index (χ2n) is 8.48. The normalized spacial score (nSPS) is 17.9. The molecule has 6 nitrogen and oxygen atoms in total. The summed E-state index contributed by atoms with van der Waals surface area (Å²) in [5.74, 6) is -2.03. The quantitative estimate of drug-likeness (QED) is 0.253. The van der Waals surface area contributed by atoms with Crippen molar-refractivity contribution in [2.45, 2.75) is 52.4 Å². The van der Waals surface area contributed by atoms with E-state index in [1.165, 1.54) is 23.1 Å². The van der Waals surface area contributed by atoms with Gasteiger partial charge in [-0.05, 0) is 52.3 Å². The van der Waals surface area contributed by atoms with Gasteiger partial charge in [0.1, 0.15) is 17.3 Å². The molecule has 1 aliphatic heterocycles. The van der Waals surface area contributed by atoms with Gasteiger partial charge in [-0.1, -0.05) is 30.3 Å². The molecule has 176 valence electrons. The first-order chi connectivity index (χ1) is 15.7. The minimum atomic E-state index is -1.04. The molecule has 0 spiro atoms. The van der Waals surface area contributed by atoms with Gasteiger partial charge in [0.15, 0.2) is 0 Å². The highest BCUT2D eigenvalue weighted by Gasteiger charge is 2.46. The van der Waals surface area contributed by atoms with Crippen molar-refractivity contribution in [3.63, 3.8) is 0 Å². The van der Waals surface area contributed by atoms with Gasteiger partial charge in [0.25, 0.3) is 11.7 Å². The van der Waals surface area contributed by atoms with Gasteiger partial charge < -0.3 is 19.5 Å². The highest BCUT2D eigenvalue weighted by Crippen LogP contribution is 2.40. The van der Waals surface area contributed by atoms with E-state index in [9.17, 15) is 19.1 Å². The maximum absolute atomic E-state index is 14.8. The zero-order valence-electron chi connectivity index (χ0n) is 19.4. The maximum Gasteiger partial charge on any atom is 0.295 e. The number of ether oxygens (including phenoxy) is 2. The first-order valence-corrected chi connectivity index (χ1v) is 11.1. The standard InChI is InChI=1S/C26H30FNO5/c1-16(2)32-14-8-13-28-23(20-11-5-6-12-21(20)27)22(25(30)26(28)31)24(29)18-9-7-10-19(15-18)33-17(3)4/h5-7,9-12,15-17,23,29H,8,13-14H2,1-4H3/b24-22-. The highest BCUT2D eigenvalue weighted by molar-refractivity contribution is 6.46. The van der Waals surface area contributed by atoms with Crippen molar-refractivity contribution in [3.8, 4) is 5.75 Å². The summed E-state index contributed by atoms with van der Waals surface area (Å²) in [6.07, 6.45) is 0.413. The van der Waals surface area contributed by atoms with E-state index in [0.29, 0.717) is 24.3 Å². The van der Waals surface area contributed by atoms with E-state index in [1.54, 1.807) is 30.3 Å². The number of benzene rings is 2. The molecule has 1 heterocycles. The predicted octanol–water partition coefficient (Wildman–Crippen LogP) is 4.85. The van der Waals surface area contributed by atoms with Crippen LogP contribution in [-0.4, -0.2) is 47.1 Å². The molecule has 1 N–H and O–H groups in total. The lowest BCUT2D eigenvalue weighted by atomic mass is 9.95. The zero-order valence-corrected chi connectivity index (χ0v) is 19.4. The van der Waals surface area contributed by atoms with Gasteiger partial charge in [-0.15, -0.1) is 0 Å². The molecule has 0 saturated carbocycles. The van der Waals surface area contributed by atoms with E-state index in [-0.39, 0.29) is 35.6 Å². The molecule has 0 bridgehead atoms. The number of carbonyl (C=O) groups is 2. The summed E-state index contributed by atoms with van der Waals surface area (Å²) >= 11 is 0. The Morgan fingerprint density at radius 2 is 1.79 bits per heavy atom. The van der Waals surface area contributed by atoms with Crippen LogP contribution in [0.4, 0.5) is 4.39 Å². The fourth-order valence-electron chi connectivity index (χ4n) is 3.83. The lowest BCUT2D eigenvalue weighted by Gasteiger charge is -2.25. The Balaban J connectivity index is 2.05. The number of hydrogen-bond acceptors (Lipinski definition) is 5. The number of halogens is 1. The average molecular weight is 456 g/mol. The highest BCUT2D eigenvalue weighted by atomic mass is 19.1. The summed E-state index contributed by atoms with van der Waals surface area (Å²) in [5.41, 5.74) is 0.324. The lowest BCUT2D eigenvalue weighted by molar-refractivity contribution is -0.140. The van der Waals surface area contributed by atoms with Gasteiger partial charge in [0.05, 0.1) is 23.8 Å². The van der Waals surface area contributed by atoms with Crippen LogP contribution in [0.5, 0.6) is 5.75 Å². The van der Waals surface area contributed by atoms with Crippen LogP contribution in [0, 0.1) is 5.82 Å². The van der Waals surface area contributed by atoms with E-state index in [1.807, 2.05) is 27.7 Å². The number of carbonyl (C=O) groups excluding carboxylic acids is 2. The van der Waals surface area contributed by atoms with Crippen LogP contribution in [-0.2, 0) is 14.3 Å². The van der Waals surface area contributed by atoms with Crippen molar-refractivity contribution in [2.75, 3.05) is 13.2 Å². The van der Waals surface area contributed by atoms with E-state index in [2.05, 4.69) is 0 Å². The summed E-state index contributed by atoms with van der Waals surface area (Å²) in [7, 11) is 0. The van der Waals surface area contributed by atoms with Gasteiger partial charge in [0.2, 0.25) is 0 Å². The topological polar surface area (TPSA) is 76.1 Å². The molecule has 2 aromatic rings. The van der Waals surface area contributed by atoms with Crippen LogP contribution in [0.1, 0.15) is 51.3 Å². The molecule has 0 radical (unpaired) electrons. The summed E-state index contributed by atoms with van der Waals surface area (Å²) in [6, 6.07) is 11.6. The number of likely N-dealkylation sites (tertiary alicyclic amines) is 1. The summed E-state index contributed by atoms with van der Waals surface area (Å²) < 4.78 is 26.0. The van der Waals surface area contributed by atoms with Crippen molar-refractivity contribution in [1.29, 1.82) is 0 Å². The Morgan fingerprint density at radius 3 is 2.45 bits per heavy atom. The molecule has 2 aromatic carbocycles. The van der Waals surface area contributed by atoms with Crippen molar-refractivity contribution in [1.82, 2.24) is 4.90 Å². The van der Waals surface area contributed by atoms with E-state index >= 15 is 0 Å². The number of rotatable bonds is 9. The summed E-state index contributed by atoms with van der Waals surface area (Å²) in [4.78, 5) is 27.3. The Morgan fingerprint density at radius 1 is 1.06 bits per heavy atom. The number of nitrogens with zero attached hydrogens (tertiary/aromatic N) is 1. The molecule has 1 saturated heterocycles. The molecule has 1 atom stereocenters. The molecular weight excluding hydrogens is 425 g/mol. The number of aliphatic hydroxyl groups is 1. The largest absolute Gasteiger partial charge is 0.507 e. The third kappa shape index (κ3) is 5.60. The van der Waals surface area contributed by atoms with Crippen molar-refractivity contribution in [3.05, 3.63) is 71.0 Å². The third-order valence-corrected chi connectivity index (χ3v) is 5.21. The molecule has 3 rings (SSSR count). The number of hydrogen-bond donors (Lipinski definition) is 1. The van der Waals surface area contributed by atoms with Crippen LogP contribution in [0.25, 0.3) is 5.76 Å². The SMILES string of the molecule is CC(C)OCCCN1C(=O)C(=O)/C(=C(\O)c2cccc(OC(C)C)c2)C1c1ccccc1F. The zero-order chi connectivity index (χ0) is 24.1. The molecular formula is C26H30FNO5. The average Bonchev–Trinajstić information content (AvgIpc) is 3.01. The fraction of sp³-hybridized carbons (Fsp3) is 0.385. The summed E-state index contributed by atoms with van der Waals surface area (Å²) in [6.45, 7) is 8.13. The van der Waals surface area contributed by atoms with Crippen LogP contribution in [0.2, 0.25) is 0 Å². The van der Waals surface area contributed by atoms with E-state index in [4.69, 9.17) is 9.47 Å².